The molecule has 1 aromatic heterocycles. The largest absolute Gasteiger partial charge is 0.384 e. The van der Waals surface area contributed by atoms with Crippen molar-refractivity contribution in [2.24, 2.45) is 0 Å². The van der Waals surface area contributed by atoms with Gasteiger partial charge in [0, 0.05) is 38.1 Å². The molecular formula is C13H22N4O2S. The van der Waals surface area contributed by atoms with E-state index in [-0.39, 0.29) is 4.90 Å². The molecule has 1 aliphatic rings. The number of pyridine rings is 1. The summed E-state index contributed by atoms with van der Waals surface area (Å²) in [6.45, 7) is 3.72. The highest BCUT2D eigenvalue weighted by Crippen LogP contribution is 2.24. The lowest BCUT2D eigenvalue weighted by molar-refractivity contribution is 0.329. The summed E-state index contributed by atoms with van der Waals surface area (Å²) in [5, 5.41) is 3.04. The second-order valence-electron chi connectivity index (χ2n) is 5.01. The van der Waals surface area contributed by atoms with Crippen molar-refractivity contribution in [1.82, 2.24) is 14.6 Å². The van der Waals surface area contributed by atoms with E-state index in [1.165, 1.54) is 19.0 Å². The van der Waals surface area contributed by atoms with Crippen molar-refractivity contribution in [3.8, 4) is 0 Å². The fraction of sp³-hybridized carbons (Fsp3) is 0.615. The maximum atomic E-state index is 12.3. The number of hydrogen-bond donors (Lipinski definition) is 2. The number of nitrogens with zero attached hydrogens (tertiary/aromatic N) is 2. The monoisotopic (exact) mass is 298 g/mol. The molecule has 0 bridgehead atoms. The Bertz CT molecular complexity index is 543. The number of aromatic nitrogens is 1. The topological polar surface area (TPSA) is 74.3 Å². The zero-order chi connectivity index (χ0) is 14.6. The van der Waals surface area contributed by atoms with Crippen molar-refractivity contribution in [1.29, 1.82) is 0 Å². The fourth-order valence-corrected chi connectivity index (χ4v) is 3.21. The summed E-state index contributed by atoms with van der Waals surface area (Å²) in [7, 11) is -1.49. The Balaban J connectivity index is 1.98. The summed E-state index contributed by atoms with van der Waals surface area (Å²) in [6.07, 6.45) is 5.40. The van der Waals surface area contributed by atoms with Gasteiger partial charge in [-0.1, -0.05) is 0 Å². The van der Waals surface area contributed by atoms with E-state index >= 15 is 0 Å². The third kappa shape index (κ3) is 3.91. The van der Waals surface area contributed by atoms with E-state index in [4.69, 9.17) is 0 Å². The second kappa shape index (κ2) is 6.51. The van der Waals surface area contributed by atoms with Crippen LogP contribution in [0, 0.1) is 0 Å². The maximum absolute atomic E-state index is 12.3. The van der Waals surface area contributed by atoms with Crippen LogP contribution in [-0.2, 0) is 10.0 Å². The van der Waals surface area contributed by atoms with Crippen LogP contribution in [0.2, 0.25) is 0 Å². The van der Waals surface area contributed by atoms with E-state index in [1.54, 1.807) is 12.3 Å². The van der Waals surface area contributed by atoms with Crippen molar-refractivity contribution >= 4 is 15.7 Å². The Labute approximate surface area is 120 Å². The van der Waals surface area contributed by atoms with Crippen LogP contribution in [0.15, 0.2) is 23.4 Å². The van der Waals surface area contributed by atoms with Gasteiger partial charge in [-0.2, -0.15) is 0 Å². The minimum absolute atomic E-state index is 0.205. The number of anilines is 1. The standard InChI is InChI=1S/C13H22N4O2S/c1-3-15-12-6-7-14-10-13(12)20(18,19)16-8-9-17(2)11-4-5-11/h6-7,10-11,16H,3-5,8-9H2,1-2H3,(H,14,15). The molecule has 0 spiro atoms. The molecule has 112 valence electrons. The van der Waals surface area contributed by atoms with Crippen LogP contribution in [0.3, 0.4) is 0 Å². The third-order valence-electron chi connectivity index (χ3n) is 3.37. The van der Waals surface area contributed by atoms with Crippen LogP contribution in [0.5, 0.6) is 0 Å². The number of nitrogens with one attached hydrogen (secondary N) is 2. The molecule has 7 heteroatoms. The summed E-state index contributed by atoms with van der Waals surface area (Å²) < 4.78 is 27.2. The summed E-state index contributed by atoms with van der Waals surface area (Å²) in [5.74, 6) is 0. The van der Waals surface area contributed by atoms with Crippen molar-refractivity contribution < 1.29 is 8.42 Å². The summed E-state index contributed by atoms with van der Waals surface area (Å²) in [5.41, 5.74) is 0.588. The van der Waals surface area contributed by atoms with Gasteiger partial charge in [-0.25, -0.2) is 13.1 Å². The quantitative estimate of drug-likeness (QED) is 0.745. The molecule has 2 N–H and O–H groups in total. The molecule has 0 aliphatic heterocycles. The van der Waals surface area contributed by atoms with Crippen LogP contribution >= 0.6 is 0 Å². The van der Waals surface area contributed by atoms with Crippen molar-refractivity contribution in [3.05, 3.63) is 18.5 Å². The Hall–Kier alpha value is -1.18. The predicted octanol–water partition coefficient (Wildman–Crippen LogP) is 0.886. The summed E-state index contributed by atoms with van der Waals surface area (Å²) >= 11 is 0. The number of rotatable bonds is 8. The van der Waals surface area contributed by atoms with Gasteiger partial charge in [-0.05, 0) is 32.9 Å². The lowest BCUT2D eigenvalue weighted by atomic mass is 10.4. The highest BCUT2D eigenvalue weighted by Gasteiger charge is 2.26. The summed E-state index contributed by atoms with van der Waals surface area (Å²) in [4.78, 5) is 6.30. The van der Waals surface area contributed by atoms with Crippen molar-refractivity contribution in [2.75, 3.05) is 32.0 Å². The van der Waals surface area contributed by atoms with Crippen LogP contribution in [0.1, 0.15) is 19.8 Å². The minimum Gasteiger partial charge on any atom is -0.384 e. The van der Waals surface area contributed by atoms with E-state index in [0.717, 1.165) is 6.54 Å². The molecule has 1 aromatic rings. The normalized spacial score (nSPS) is 15.6. The van der Waals surface area contributed by atoms with Crippen molar-refractivity contribution in [3.63, 3.8) is 0 Å². The van der Waals surface area contributed by atoms with Crippen LogP contribution in [0.25, 0.3) is 0 Å². The SMILES string of the molecule is CCNc1ccncc1S(=O)(=O)NCCN(C)C1CC1. The van der Waals surface area contributed by atoms with E-state index in [9.17, 15) is 8.42 Å². The molecule has 0 aromatic carbocycles. The molecule has 6 nitrogen and oxygen atoms in total. The van der Waals surface area contributed by atoms with Crippen LogP contribution in [-0.4, -0.2) is 51.0 Å². The lowest BCUT2D eigenvalue weighted by Crippen LogP contribution is -2.34. The molecule has 0 saturated heterocycles. The van der Waals surface area contributed by atoms with Gasteiger partial charge < -0.3 is 10.2 Å². The molecule has 1 heterocycles. The van der Waals surface area contributed by atoms with Gasteiger partial charge in [0.25, 0.3) is 0 Å². The smallest absolute Gasteiger partial charge is 0.244 e. The van der Waals surface area contributed by atoms with Gasteiger partial charge in [0.15, 0.2) is 0 Å². The molecular weight excluding hydrogens is 276 g/mol. The number of hydrogen-bond acceptors (Lipinski definition) is 5. The fourth-order valence-electron chi connectivity index (χ4n) is 2.06. The Kier molecular flexibility index (Phi) is 4.95. The van der Waals surface area contributed by atoms with Gasteiger partial charge >= 0.3 is 0 Å². The molecule has 0 amide bonds. The predicted molar refractivity (Wildman–Crippen MR) is 79.2 cm³/mol. The molecule has 0 atom stereocenters. The average molecular weight is 298 g/mol. The third-order valence-corrected chi connectivity index (χ3v) is 4.86. The van der Waals surface area contributed by atoms with Crippen molar-refractivity contribution in [2.45, 2.75) is 30.7 Å². The Morgan fingerprint density at radius 2 is 2.20 bits per heavy atom. The minimum atomic E-state index is -3.52. The van der Waals surface area contributed by atoms with Gasteiger partial charge in [0.2, 0.25) is 10.0 Å². The Morgan fingerprint density at radius 3 is 2.85 bits per heavy atom. The molecule has 1 aliphatic carbocycles. The molecule has 0 unspecified atom stereocenters. The first kappa shape index (κ1) is 15.2. The zero-order valence-corrected chi connectivity index (χ0v) is 12.8. The van der Waals surface area contributed by atoms with Gasteiger partial charge in [-0.15, -0.1) is 0 Å². The number of sulfonamides is 1. The van der Waals surface area contributed by atoms with E-state index in [0.29, 0.717) is 24.8 Å². The van der Waals surface area contributed by atoms with Crippen LogP contribution < -0.4 is 10.0 Å². The first-order chi connectivity index (χ1) is 9.54. The summed E-state index contributed by atoms with van der Waals surface area (Å²) in [6, 6.07) is 2.31. The van der Waals surface area contributed by atoms with Gasteiger partial charge in [0.05, 0.1) is 5.69 Å². The van der Waals surface area contributed by atoms with Gasteiger partial charge in [0.1, 0.15) is 4.90 Å². The highest BCUT2D eigenvalue weighted by molar-refractivity contribution is 7.89. The number of likely N-dealkylation sites (N-methyl/N-ethyl adjacent to an activating group) is 1. The van der Waals surface area contributed by atoms with E-state index in [1.807, 2.05) is 14.0 Å². The maximum Gasteiger partial charge on any atom is 0.244 e. The molecule has 1 saturated carbocycles. The zero-order valence-electron chi connectivity index (χ0n) is 12.0. The average Bonchev–Trinajstić information content (AvgIpc) is 3.23. The van der Waals surface area contributed by atoms with E-state index < -0.39 is 10.0 Å². The van der Waals surface area contributed by atoms with E-state index in [2.05, 4.69) is 19.9 Å². The molecule has 1 fully saturated rings. The highest BCUT2D eigenvalue weighted by atomic mass is 32.2. The lowest BCUT2D eigenvalue weighted by Gasteiger charge is -2.16. The van der Waals surface area contributed by atoms with Gasteiger partial charge in [-0.3, -0.25) is 4.98 Å². The Morgan fingerprint density at radius 1 is 1.45 bits per heavy atom. The first-order valence-corrected chi connectivity index (χ1v) is 8.40. The molecule has 2 rings (SSSR count). The second-order valence-corrected chi connectivity index (χ2v) is 6.75. The first-order valence-electron chi connectivity index (χ1n) is 6.92. The van der Waals surface area contributed by atoms with Crippen LogP contribution in [0.4, 0.5) is 5.69 Å². The molecule has 20 heavy (non-hydrogen) atoms. The molecule has 0 radical (unpaired) electrons.